The van der Waals surface area contributed by atoms with Gasteiger partial charge in [-0.2, -0.15) is 0 Å². The SMILES string of the molecule is C=C1N(CCC(C)C(=O)OC(=O)OCC2c3ccccc3-c3ccccc32)C(=O)C=CN1C1O[C@H](CCP(=C)(C)C)[C@@H](O)[C@H]1O. The van der Waals surface area contributed by atoms with Crippen LogP contribution in [0.4, 0.5) is 4.79 Å². The quantitative estimate of drug-likeness (QED) is 0.225. The number of rotatable bonds is 10. The number of hydrogen-bond donors (Lipinski definition) is 2. The topological polar surface area (TPSA) is 126 Å². The summed E-state index contributed by atoms with van der Waals surface area (Å²) in [5.74, 6) is -1.80. The van der Waals surface area contributed by atoms with Crippen molar-refractivity contribution >= 4 is 31.2 Å². The molecule has 10 nitrogen and oxygen atoms in total. The van der Waals surface area contributed by atoms with Crippen molar-refractivity contribution in [2.24, 2.45) is 5.92 Å². The van der Waals surface area contributed by atoms with Crippen molar-refractivity contribution in [3.63, 3.8) is 0 Å². The van der Waals surface area contributed by atoms with Crippen molar-refractivity contribution < 1.29 is 38.8 Å². The van der Waals surface area contributed by atoms with Crippen LogP contribution in [0.1, 0.15) is 36.8 Å². The number of aliphatic hydroxyl groups is 2. The van der Waals surface area contributed by atoms with Crippen LogP contribution in [0.3, 0.4) is 0 Å². The smallest absolute Gasteiger partial charge is 0.433 e. The lowest BCUT2D eigenvalue weighted by atomic mass is 9.98. The molecule has 1 aliphatic carbocycles. The van der Waals surface area contributed by atoms with Gasteiger partial charge in [0.1, 0.15) is 24.6 Å². The largest absolute Gasteiger partial charge is 0.516 e. The van der Waals surface area contributed by atoms with E-state index >= 15 is 0 Å². The molecule has 2 aromatic rings. The maximum absolute atomic E-state index is 12.7. The molecule has 11 heteroatoms. The summed E-state index contributed by atoms with van der Waals surface area (Å²) in [6.45, 7) is 8.57. The average molecular weight is 637 g/mol. The molecule has 2 N–H and O–H groups in total. The predicted molar refractivity (Wildman–Crippen MR) is 173 cm³/mol. The van der Waals surface area contributed by atoms with E-state index in [9.17, 15) is 24.6 Å². The molecule has 1 amide bonds. The number of esters is 1. The van der Waals surface area contributed by atoms with Crippen molar-refractivity contribution in [2.45, 2.75) is 50.2 Å². The molecule has 2 unspecified atom stereocenters. The highest BCUT2D eigenvalue weighted by Crippen LogP contribution is 2.44. The van der Waals surface area contributed by atoms with E-state index in [1.807, 2.05) is 48.5 Å². The highest BCUT2D eigenvalue weighted by molar-refractivity contribution is 7.72. The van der Waals surface area contributed by atoms with Crippen molar-refractivity contribution in [1.29, 1.82) is 0 Å². The fourth-order valence-electron chi connectivity index (χ4n) is 5.98. The van der Waals surface area contributed by atoms with Crippen molar-refractivity contribution in [3.8, 4) is 11.1 Å². The lowest BCUT2D eigenvalue weighted by Gasteiger charge is -2.38. The molecule has 0 saturated carbocycles. The number of ether oxygens (including phenoxy) is 3. The minimum absolute atomic E-state index is 0.0259. The number of hydrogen-bond acceptors (Lipinski definition) is 9. The highest BCUT2D eigenvalue weighted by Gasteiger charge is 2.46. The molecule has 0 spiro atoms. The van der Waals surface area contributed by atoms with Crippen LogP contribution in [-0.4, -0.2) is 102 Å². The molecule has 0 radical (unpaired) electrons. The van der Waals surface area contributed by atoms with Crippen LogP contribution >= 0.6 is 6.89 Å². The van der Waals surface area contributed by atoms with Gasteiger partial charge in [0.2, 0.25) is 0 Å². The molecule has 2 aromatic carbocycles. The maximum atomic E-state index is 12.7. The van der Waals surface area contributed by atoms with Gasteiger partial charge in [-0.1, -0.05) is 62.0 Å². The van der Waals surface area contributed by atoms with Gasteiger partial charge in [-0.25, -0.2) is 4.79 Å². The zero-order valence-corrected chi connectivity index (χ0v) is 26.8. The molecular formula is C34H41N2O8P. The third-order valence-corrected chi connectivity index (χ3v) is 10.1. The lowest BCUT2D eigenvalue weighted by molar-refractivity contribution is -0.145. The van der Waals surface area contributed by atoms with Gasteiger partial charge >= 0.3 is 12.1 Å². The minimum atomic E-state index is -1.35. The molecule has 2 heterocycles. The van der Waals surface area contributed by atoms with Crippen molar-refractivity contribution in [3.05, 3.63) is 84.3 Å². The Labute approximate surface area is 263 Å². The van der Waals surface area contributed by atoms with Crippen LogP contribution in [-0.2, 0) is 23.8 Å². The highest BCUT2D eigenvalue weighted by atomic mass is 31.2. The van der Waals surface area contributed by atoms with E-state index in [1.54, 1.807) is 6.92 Å². The molecule has 1 saturated heterocycles. The summed E-state index contributed by atoms with van der Waals surface area (Å²) in [7, 11) is 0. The van der Waals surface area contributed by atoms with E-state index in [1.165, 1.54) is 22.1 Å². The van der Waals surface area contributed by atoms with Crippen molar-refractivity contribution in [2.75, 3.05) is 32.6 Å². The number of fused-ring (bicyclic) bond motifs is 3. The Morgan fingerprint density at radius 2 is 1.67 bits per heavy atom. The summed E-state index contributed by atoms with van der Waals surface area (Å²) in [5, 5.41) is 21.4. The molecule has 5 atom stereocenters. The Morgan fingerprint density at radius 1 is 1.04 bits per heavy atom. The lowest BCUT2D eigenvalue weighted by Crippen LogP contribution is -2.48. The van der Waals surface area contributed by atoms with Gasteiger partial charge in [0.05, 0.1) is 12.0 Å². The summed E-state index contributed by atoms with van der Waals surface area (Å²) >= 11 is 0. The second-order valence-electron chi connectivity index (χ2n) is 12.5. The van der Waals surface area contributed by atoms with E-state index in [0.29, 0.717) is 6.42 Å². The monoisotopic (exact) mass is 636 g/mol. The van der Waals surface area contributed by atoms with E-state index in [0.717, 1.165) is 28.4 Å². The van der Waals surface area contributed by atoms with Gasteiger partial charge in [0, 0.05) is 24.7 Å². The standard InChI is InChI=1S/C34H41N2O8P/c1-21(33(40)44-34(41)42-20-27-25-12-8-6-10-23(25)24-11-7-9-13-26(24)27)14-17-35-22(2)36(18-15-29(35)37)32-31(39)30(38)28(43-32)16-19-45(3,4)5/h6-13,15,18,21,27-28,30-32,38-39H,2-3,14,16-17,19-20H2,1,4-5H3/t21?,28-,30-,31-,32?/m1/s1. The van der Waals surface area contributed by atoms with Crippen molar-refractivity contribution in [1.82, 2.24) is 9.80 Å². The Hall–Kier alpha value is -3.69. The number of benzene rings is 2. The van der Waals surface area contributed by atoms with E-state index in [4.69, 9.17) is 14.2 Å². The fourth-order valence-corrected chi connectivity index (χ4v) is 6.93. The second kappa shape index (κ2) is 13.3. The fraction of sp³-hybridized carbons (Fsp3) is 0.412. The molecule has 1 fully saturated rings. The number of carbonyl (C=O) groups excluding carboxylic acids is 3. The Balaban J connectivity index is 1.12. The molecular weight excluding hydrogens is 595 g/mol. The summed E-state index contributed by atoms with van der Waals surface area (Å²) < 4.78 is 16.4. The molecule has 3 aliphatic rings. The zero-order valence-electron chi connectivity index (χ0n) is 25.9. The van der Waals surface area contributed by atoms with E-state index < -0.39 is 49.5 Å². The van der Waals surface area contributed by atoms with Crippen LogP contribution < -0.4 is 0 Å². The third kappa shape index (κ3) is 7.10. The first-order chi connectivity index (χ1) is 21.4. The summed E-state index contributed by atoms with van der Waals surface area (Å²) in [4.78, 5) is 40.9. The molecule has 0 bridgehead atoms. The number of aliphatic hydroxyl groups excluding tert-OH is 2. The molecule has 0 aromatic heterocycles. The van der Waals surface area contributed by atoms with E-state index in [-0.39, 0.29) is 37.2 Å². The van der Waals surface area contributed by atoms with Gasteiger partial charge in [-0.3, -0.25) is 14.5 Å². The summed E-state index contributed by atoms with van der Waals surface area (Å²) in [5.41, 5.74) is 4.27. The van der Waals surface area contributed by atoms with Crippen LogP contribution in [0.15, 0.2) is 73.2 Å². The van der Waals surface area contributed by atoms with E-state index in [2.05, 4.69) is 26.2 Å². The van der Waals surface area contributed by atoms with Gasteiger partial charge in [0.15, 0.2) is 6.23 Å². The van der Waals surface area contributed by atoms with Crippen LogP contribution in [0.25, 0.3) is 11.1 Å². The molecule has 5 rings (SSSR count). The van der Waals surface area contributed by atoms with Crippen LogP contribution in [0.2, 0.25) is 0 Å². The first-order valence-corrected chi connectivity index (χ1v) is 18.1. The maximum Gasteiger partial charge on any atom is 0.516 e. The minimum Gasteiger partial charge on any atom is -0.433 e. The Bertz CT molecular complexity index is 1500. The van der Waals surface area contributed by atoms with Crippen LogP contribution in [0.5, 0.6) is 0 Å². The molecule has 2 aliphatic heterocycles. The number of carbonyl (C=O) groups is 3. The van der Waals surface area contributed by atoms with Gasteiger partial charge in [-0.05, 0) is 54.6 Å². The Morgan fingerprint density at radius 3 is 2.29 bits per heavy atom. The van der Waals surface area contributed by atoms with Gasteiger partial charge in [-0.15, -0.1) is 13.2 Å². The summed E-state index contributed by atoms with van der Waals surface area (Å²) in [6.07, 6.45) is 3.58. The van der Waals surface area contributed by atoms with Crippen LogP contribution in [0, 0.1) is 5.92 Å². The third-order valence-electron chi connectivity index (χ3n) is 8.59. The zero-order chi connectivity index (χ0) is 32.5. The predicted octanol–water partition coefficient (Wildman–Crippen LogP) is 4.18. The average Bonchev–Trinajstić information content (AvgIpc) is 3.47. The number of nitrogens with zero attached hydrogens (tertiary/aromatic N) is 2. The number of amides is 1. The first kappa shape index (κ1) is 32.7. The Kier molecular flexibility index (Phi) is 9.70. The normalized spacial score (nSPS) is 23.6. The molecule has 45 heavy (non-hydrogen) atoms. The first-order valence-electron chi connectivity index (χ1n) is 15.1. The molecule has 240 valence electrons. The second-order valence-corrected chi connectivity index (χ2v) is 16.8. The summed E-state index contributed by atoms with van der Waals surface area (Å²) in [6, 6.07) is 15.9. The van der Waals surface area contributed by atoms with Gasteiger partial charge in [0.25, 0.3) is 5.91 Å². The van der Waals surface area contributed by atoms with Gasteiger partial charge < -0.3 is 29.3 Å².